The lowest BCUT2D eigenvalue weighted by atomic mass is 9.74. The first-order valence-electron chi connectivity index (χ1n) is 26.9. The summed E-state index contributed by atoms with van der Waals surface area (Å²) in [5.41, 5.74) is 19.8. The number of hydrogen-bond donors (Lipinski definition) is 0. The highest BCUT2D eigenvalue weighted by atomic mass is 31.2. The van der Waals surface area contributed by atoms with Crippen LogP contribution in [0, 0.1) is 0 Å². The molecule has 8 unspecified atom stereocenters. The average molecular weight is 1110 g/mol. The molecule has 6 aromatic carbocycles. The van der Waals surface area contributed by atoms with Crippen LogP contribution in [0.2, 0.25) is 0 Å². The van der Waals surface area contributed by atoms with E-state index < -0.39 is 30.8 Å². The molecule has 396 valence electrons. The Morgan fingerprint density at radius 1 is 0.321 bits per heavy atom. The standard InChI is InChI=1S/C42H32O8P2.C18H20O6P2/c43-51(44,45)49-41-37-33-15-34(30-12-26-22-9-21(25(26)11-29(30)33)17-5-1-2-6-18(17)22)38(37)42(50-52(46,47)48)40-36-16-35(39(40)41)31-13-27-23-10-24(28(27)14-32(31)36)20-8-4-3-7-19(20)23;1-25(19,20)23-17-13-9-3-5-11(7-9)15(13)18(24-26(2,21)22)16-12-6-4-10(8-12)14(16)17/h1-8,11-14,21-24,33-36H,9-10,15-16H2,(H2,43,44,45)(H2,46,47,48);3-6,9-12H,7-8H2,1-2H3,(H,19,20)(H,21,22)/p-6/t21-,22?,23+,24?,33-,34?,35+,36?;9-,10+,11?,12?. The Bertz CT molecular complexity index is 3660. The molecule has 6 aromatic rings. The van der Waals surface area contributed by atoms with Crippen LogP contribution in [-0.4, -0.2) is 13.3 Å². The first kappa shape index (κ1) is 47.5. The van der Waals surface area contributed by atoms with Crippen molar-refractivity contribution in [1.29, 1.82) is 0 Å². The summed E-state index contributed by atoms with van der Waals surface area (Å²) in [6.45, 7) is 2.14. The number of phosphoric acid groups is 2. The summed E-state index contributed by atoms with van der Waals surface area (Å²) in [6, 6.07) is 26.2. The van der Waals surface area contributed by atoms with Gasteiger partial charge in [0.15, 0.2) is 15.2 Å². The molecule has 0 spiro atoms. The van der Waals surface area contributed by atoms with Gasteiger partial charge in [-0.3, -0.25) is 9.13 Å². The minimum atomic E-state index is -5.56. The normalized spacial score (nSPS) is 30.6. The van der Waals surface area contributed by atoms with Crippen molar-refractivity contribution in [1.82, 2.24) is 0 Å². The lowest BCUT2D eigenvalue weighted by molar-refractivity contribution is -0.336. The minimum absolute atomic E-state index is 0.0216. The van der Waals surface area contributed by atoms with Crippen LogP contribution in [0.15, 0.2) is 97.1 Å². The maximum absolute atomic E-state index is 12.6. The highest BCUT2D eigenvalue weighted by molar-refractivity contribution is 7.51. The lowest BCUT2D eigenvalue weighted by Crippen LogP contribution is -2.24. The van der Waals surface area contributed by atoms with Crippen LogP contribution < -0.4 is 47.5 Å². The number of fused-ring (bicyclic) bond motifs is 42. The van der Waals surface area contributed by atoms with Gasteiger partial charge in [0, 0.05) is 129 Å². The summed E-state index contributed by atoms with van der Waals surface area (Å²) >= 11 is 0. The minimum Gasteiger partial charge on any atom is -0.780 e. The van der Waals surface area contributed by atoms with E-state index in [1.807, 2.05) is 24.3 Å². The van der Waals surface area contributed by atoms with Crippen molar-refractivity contribution in [3.05, 3.63) is 208 Å². The molecule has 78 heavy (non-hydrogen) atoms. The highest BCUT2D eigenvalue weighted by Gasteiger charge is 2.56. The van der Waals surface area contributed by atoms with Crippen molar-refractivity contribution in [3.8, 4) is 23.0 Å². The van der Waals surface area contributed by atoms with Gasteiger partial charge in [0.2, 0.25) is 0 Å². The number of benzene rings is 6. The maximum atomic E-state index is 12.6. The van der Waals surface area contributed by atoms with E-state index in [2.05, 4.69) is 72.8 Å². The summed E-state index contributed by atoms with van der Waals surface area (Å²) in [7, 11) is -19.1. The smallest absolute Gasteiger partial charge is 0.181 e. The Morgan fingerprint density at radius 3 is 0.795 bits per heavy atom. The van der Waals surface area contributed by atoms with E-state index in [4.69, 9.17) is 18.1 Å². The van der Waals surface area contributed by atoms with E-state index in [1.54, 1.807) is 0 Å². The van der Waals surface area contributed by atoms with E-state index >= 15 is 0 Å². The van der Waals surface area contributed by atoms with Gasteiger partial charge in [-0.15, -0.1) is 0 Å². The zero-order valence-corrected chi connectivity index (χ0v) is 45.5. The molecule has 12 aliphatic carbocycles. The molecule has 18 heteroatoms. The van der Waals surface area contributed by atoms with Crippen molar-refractivity contribution >= 4 is 30.8 Å². The zero-order valence-electron chi connectivity index (χ0n) is 41.9. The predicted octanol–water partition coefficient (Wildman–Crippen LogP) is 9.12. The van der Waals surface area contributed by atoms with Crippen molar-refractivity contribution in [2.24, 2.45) is 0 Å². The molecule has 0 saturated heterocycles. The Labute approximate surface area is 448 Å². The van der Waals surface area contributed by atoms with Gasteiger partial charge in [0.1, 0.15) is 38.6 Å². The van der Waals surface area contributed by atoms with Crippen molar-refractivity contribution < 1.29 is 65.7 Å². The van der Waals surface area contributed by atoms with Crippen LogP contribution in [0.4, 0.5) is 0 Å². The number of hydrogen-bond acceptors (Lipinski definition) is 14. The molecule has 0 amide bonds. The topological polar surface area (TPSA) is 244 Å². The van der Waals surface area contributed by atoms with E-state index in [0.29, 0.717) is 46.6 Å². The van der Waals surface area contributed by atoms with Crippen LogP contribution in [0.1, 0.15) is 221 Å². The van der Waals surface area contributed by atoms with Gasteiger partial charge in [0.25, 0.3) is 0 Å². The SMILES string of the molecule is CP(=O)([O-])Oc1c2c(c(OP(C)(=O)[O-])c3c1C1C=C[C@H]3C1)[C@@H]1C=CC2C1.O=P([O-])([O-])Oc1c2c(c(OP(=O)([O-])[O-])c3c1C1C[C@H]3c3cc4c(cc31)C1C[C@H]4c3ccccc31)[C@@H]1CC2c2cc3c(cc21)[C@@H]1CC3c2ccccc21. The first-order chi connectivity index (χ1) is 37.1. The molecule has 18 rings (SSSR count). The molecule has 12 bridgehead atoms. The fourth-order valence-corrected chi connectivity index (χ4v) is 19.8. The van der Waals surface area contributed by atoms with Gasteiger partial charge in [-0.05, 0) is 105 Å². The monoisotopic (exact) mass is 1110 g/mol. The Kier molecular flexibility index (Phi) is 9.35. The molecule has 12 aliphatic rings. The van der Waals surface area contributed by atoms with E-state index in [1.165, 1.54) is 44.5 Å². The van der Waals surface area contributed by atoms with Gasteiger partial charge in [0.05, 0.1) is 0 Å². The zero-order chi connectivity index (χ0) is 53.2. The van der Waals surface area contributed by atoms with Gasteiger partial charge in [-0.2, -0.15) is 0 Å². The fraction of sp³-hybridized carbons (Fsp3) is 0.333. The van der Waals surface area contributed by atoms with Gasteiger partial charge in [-0.1, -0.05) is 97.1 Å². The molecule has 14 nitrogen and oxygen atoms in total. The summed E-state index contributed by atoms with van der Waals surface area (Å²) in [5, 5.41) is 0. The first-order valence-corrected chi connectivity index (χ1v) is 33.8. The Morgan fingerprint density at radius 2 is 0.551 bits per heavy atom. The molecule has 0 fully saturated rings. The third-order valence-corrected chi connectivity index (χ3v) is 21.9. The molecule has 0 aliphatic heterocycles. The van der Waals surface area contributed by atoms with Crippen LogP contribution >= 0.6 is 30.8 Å². The second-order valence-corrected chi connectivity index (χ2v) is 29.5. The van der Waals surface area contributed by atoms with Gasteiger partial charge < -0.3 is 56.6 Å². The second kappa shape index (κ2) is 15.4. The molecule has 0 saturated carbocycles. The second-order valence-electron chi connectivity index (χ2n) is 23.9. The Balaban J connectivity index is 0.000000159. The summed E-state index contributed by atoms with van der Waals surface area (Å²) in [5.74, 6) is 0.768. The van der Waals surface area contributed by atoms with E-state index in [-0.39, 0.29) is 82.5 Å². The molecule has 0 aromatic heterocycles. The molecular weight excluding hydrogens is 1070 g/mol. The quantitative estimate of drug-likeness (QED) is 0.102. The summed E-state index contributed by atoms with van der Waals surface area (Å²) in [4.78, 5) is 74.4. The average Bonchev–Trinajstić information content (AvgIpc) is 3.63. The summed E-state index contributed by atoms with van der Waals surface area (Å²) < 4.78 is 71.3. The van der Waals surface area contributed by atoms with Crippen molar-refractivity contribution in [2.75, 3.05) is 13.3 Å². The van der Waals surface area contributed by atoms with Crippen molar-refractivity contribution in [2.45, 2.75) is 110 Å². The number of phosphoric ester groups is 2. The van der Waals surface area contributed by atoms with Crippen LogP contribution in [0.3, 0.4) is 0 Å². The van der Waals surface area contributed by atoms with Crippen LogP contribution in [0.5, 0.6) is 23.0 Å². The number of rotatable bonds is 8. The molecule has 14 atom stereocenters. The predicted molar refractivity (Wildman–Crippen MR) is 275 cm³/mol. The van der Waals surface area contributed by atoms with E-state index in [9.17, 15) is 47.6 Å². The highest BCUT2D eigenvalue weighted by Crippen LogP contribution is 2.73. The van der Waals surface area contributed by atoms with Gasteiger partial charge in [-0.25, -0.2) is 0 Å². The Hall–Kier alpha value is -5.32. The molecule has 0 heterocycles. The third-order valence-electron chi connectivity index (χ3n) is 20.0. The largest absolute Gasteiger partial charge is 0.780 e. The summed E-state index contributed by atoms with van der Waals surface area (Å²) in [6.07, 6.45) is 12.9. The van der Waals surface area contributed by atoms with E-state index in [0.717, 1.165) is 83.5 Å². The fourth-order valence-electron chi connectivity index (χ4n) is 17.9. The lowest BCUT2D eigenvalue weighted by Gasteiger charge is -2.39. The molecular formula is C60H46O14P4-6. The molecule has 0 radical (unpaired) electrons. The third kappa shape index (κ3) is 6.45. The maximum Gasteiger partial charge on any atom is 0.181 e. The van der Waals surface area contributed by atoms with Crippen molar-refractivity contribution in [3.63, 3.8) is 0 Å². The van der Waals surface area contributed by atoms with Crippen LogP contribution in [0.25, 0.3) is 0 Å². The number of allylic oxidation sites excluding steroid dienone is 4. The van der Waals surface area contributed by atoms with Crippen LogP contribution in [-0.2, 0) is 18.3 Å². The van der Waals surface area contributed by atoms with Gasteiger partial charge >= 0.3 is 0 Å². The molecule has 0 N–H and O–H groups in total.